The Morgan fingerprint density at radius 2 is 1.73 bits per heavy atom. The van der Waals surface area contributed by atoms with Crippen LogP contribution in [-0.2, 0) is 27.3 Å². The van der Waals surface area contributed by atoms with E-state index in [1.165, 1.54) is 6.42 Å². The first-order valence-corrected chi connectivity index (χ1v) is 13.9. The Labute approximate surface area is 234 Å². The Kier molecular flexibility index (Phi) is 7.09. The predicted molar refractivity (Wildman–Crippen MR) is 149 cm³/mol. The van der Waals surface area contributed by atoms with Crippen molar-refractivity contribution in [1.82, 2.24) is 9.80 Å². The van der Waals surface area contributed by atoms with Gasteiger partial charge in [0.2, 0.25) is 5.78 Å². The Hall–Kier alpha value is -3.21. The van der Waals surface area contributed by atoms with E-state index in [0.717, 1.165) is 38.5 Å². The van der Waals surface area contributed by atoms with Crippen molar-refractivity contribution in [3.8, 4) is 5.75 Å². The van der Waals surface area contributed by atoms with Crippen molar-refractivity contribution in [2.75, 3.05) is 46.2 Å². The first-order chi connectivity index (χ1) is 18.8. The zero-order chi connectivity index (χ0) is 29.3. The van der Waals surface area contributed by atoms with Gasteiger partial charge in [0, 0.05) is 43.4 Å². The van der Waals surface area contributed by atoms with Crippen LogP contribution in [0.4, 0.5) is 5.69 Å². The monoisotopic (exact) mass is 553 g/mol. The Bertz CT molecular complexity index is 1360. The number of aliphatic hydroxyl groups excluding tert-OH is 2. The molecule has 1 aliphatic heterocycles. The number of aliphatic hydroxyl groups is 3. The van der Waals surface area contributed by atoms with Crippen LogP contribution in [0.2, 0.25) is 0 Å². The maximum absolute atomic E-state index is 14.1. The molecule has 1 unspecified atom stereocenters. The largest absolute Gasteiger partial charge is 0.508 e. The Morgan fingerprint density at radius 3 is 2.30 bits per heavy atom. The summed E-state index contributed by atoms with van der Waals surface area (Å²) in [5, 5.41) is 46.1. The second-order valence-corrected chi connectivity index (χ2v) is 12.1. The van der Waals surface area contributed by atoms with Gasteiger partial charge in [-0.05, 0) is 77.3 Å². The number of nitrogens with zero attached hydrogens (tertiary/aromatic N) is 3. The van der Waals surface area contributed by atoms with E-state index < -0.39 is 57.9 Å². The fourth-order valence-corrected chi connectivity index (χ4v) is 7.33. The topological polar surface area (TPSA) is 142 Å². The number of phenolic OH excluding ortho intramolecular Hbond substituents is 1. The maximum Gasteiger partial charge on any atom is 0.202 e. The van der Waals surface area contributed by atoms with Crippen LogP contribution in [0.3, 0.4) is 0 Å². The molecule has 1 saturated heterocycles. The number of piperidine rings is 1. The molecule has 1 aromatic rings. The SMILES string of the molecule is CC(=O)C1=C(O)[C@@]2(O)C(=O)C3=C(O)c4c(O)c(CN5CCCCC5)cc(N(C)C)c4C[C@H]3C[C@H]2C(N(C)C)C1=O. The van der Waals surface area contributed by atoms with E-state index in [0.29, 0.717) is 17.7 Å². The van der Waals surface area contributed by atoms with Crippen molar-refractivity contribution in [1.29, 1.82) is 0 Å². The van der Waals surface area contributed by atoms with Gasteiger partial charge in [-0.25, -0.2) is 0 Å². The van der Waals surface area contributed by atoms with Crippen LogP contribution < -0.4 is 4.90 Å². The molecule has 0 aromatic heterocycles. The van der Waals surface area contributed by atoms with E-state index in [1.807, 2.05) is 25.1 Å². The van der Waals surface area contributed by atoms with Gasteiger partial charge in [0.25, 0.3) is 0 Å². The average Bonchev–Trinajstić information content (AvgIpc) is 2.87. The molecule has 3 aliphatic carbocycles. The van der Waals surface area contributed by atoms with Crippen LogP contribution in [-0.4, -0.2) is 100 Å². The lowest BCUT2D eigenvalue weighted by atomic mass is 9.57. The number of likely N-dealkylation sites (N-methyl/N-ethyl adjacent to an activating group) is 1. The van der Waals surface area contributed by atoms with E-state index in [-0.39, 0.29) is 29.7 Å². The van der Waals surface area contributed by atoms with E-state index in [2.05, 4.69) is 4.90 Å². The second-order valence-electron chi connectivity index (χ2n) is 12.1. The standard InChI is InChI=1S/C30H39N3O7/c1-15(34)21-27(37)24(32(4)5)19-12-16-11-18-20(31(2)3)13-17(14-33-9-7-6-8-10-33)25(35)23(18)26(36)22(16)29(39)30(19,40)28(21)38/h13,16,19,24,35-36,38,40H,6-12,14H2,1-5H3/t16-,19-,24?,30+/m0/s1. The number of ketones is 3. The molecule has 1 aromatic carbocycles. The number of rotatable bonds is 5. The first kappa shape index (κ1) is 28.3. The molecule has 4 atom stereocenters. The zero-order valence-electron chi connectivity index (χ0n) is 23.8. The number of Topliss-reactive ketones (excluding diaryl/α,β-unsaturated/α-hetero) is 3. The molecule has 2 fully saturated rings. The molecule has 0 amide bonds. The molecule has 0 bridgehead atoms. The first-order valence-electron chi connectivity index (χ1n) is 13.9. The average molecular weight is 554 g/mol. The lowest BCUT2D eigenvalue weighted by Gasteiger charge is -2.50. The van der Waals surface area contributed by atoms with Crippen molar-refractivity contribution in [2.24, 2.45) is 11.8 Å². The third-order valence-corrected chi connectivity index (χ3v) is 9.21. The van der Waals surface area contributed by atoms with Crippen molar-refractivity contribution >= 4 is 28.8 Å². The quantitative estimate of drug-likeness (QED) is 0.401. The van der Waals surface area contributed by atoms with Gasteiger partial charge in [-0.2, -0.15) is 0 Å². The Morgan fingerprint density at radius 1 is 1.07 bits per heavy atom. The number of benzene rings is 1. The van der Waals surface area contributed by atoms with Crippen LogP contribution in [0.25, 0.3) is 5.76 Å². The van der Waals surface area contributed by atoms with Crippen molar-refractivity contribution in [2.45, 2.75) is 57.2 Å². The molecule has 4 aliphatic rings. The number of likely N-dealkylation sites (tertiary alicyclic amines) is 1. The predicted octanol–water partition coefficient (Wildman–Crippen LogP) is 2.12. The fourth-order valence-electron chi connectivity index (χ4n) is 7.33. The van der Waals surface area contributed by atoms with Gasteiger partial charge in [0.1, 0.15) is 22.8 Å². The molecule has 40 heavy (non-hydrogen) atoms. The van der Waals surface area contributed by atoms with Crippen LogP contribution >= 0.6 is 0 Å². The number of hydrogen-bond acceptors (Lipinski definition) is 10. The highest BCUT2D eigenvalue weighted by molar-refractivity contribution is 6.25. The van der Waals surface area contributed by atoms with Crippen LogP contribution in [0.1, 0.15) is 49.3 Å². The molecule has 0 spiro atoms. The minimum Gasteiger partial charge on any atom is -0.508 e. The summed E-state index contributed by atoms with van der Waals surface area (Å²) in [6, 6.07) is 0.908. The molecule has 10 nitrogen and oxygen atoms in total. The minimum absolute atomic E-state index is 0.0947. The van der Waals surface area contributed by atoms with Gasteiger partial charge < -0.3 is 25.3 Å². The van der Waals surface area contributed by atoms with Crippen LogP contribution in [0, 0.1) is 11.8 Å². The summed E-state index contributed by atoms with van der Waals surface area (Å²) in [5.74, 6) is -5.44. The van der Waals surface area contributed by atoms with E-state index in [4.69, 9.17) is 0 Å². The third kappa shape index (κ3) is 4.07. The van der Waals surface area contributed by atoms with Gasteiger partial charge >= 0.3 is 0 Å². The molecule has 0 radical (unpaired) electrons. The second kappa shape index (κ2) is 10.0. The number of fused-ring (bicyclic) bond motifs is 3. The number of carbonyl (C=O) groups excluding carboxylic acids is 3. The van der Waals surface area contributed by atoms with Crippen LogP contribution in [0.15, 0.2) is 23.0 Å². The normalized spacial score (nSPS) is 28.9. The van der Waals surface area contributed by atoms with Gasteiger partial charge in [-0.3, -0.25) is 24.2 Å². The van der Waals surface area contributed by atoms with Gasteiger partial charge in [-0.15, -0.1) is 0 Å². The smallest absolute Gasteiger partial charge is 0.202 e. The number of hydrogen-bond donors (Lipinski definition) is 4. The highest BCUT2D eigenvalue weighted by atomic mass is 16.3. The summed E-state index contributed by atoms with van der Waals surface area (Å²) in [5.41, 5.74) is -0.971. The minimum atomic E-state index is -2.56. The summed E-state index contributed by atoms with van der Waals surface area (Å²) in [6.45, 7) is 3.41. The maximum atomic E-state index is 14.1. The zero-order valence-corrected chi connectivity index (χ0v) is 23.8. The lowest BCUT2D eigenvalue weighted by molar-refractivity contribution is -0.153. The lowest BCUT2D eigenvalue weighted by Crippen LogP contribution is -2.65. The van der Waals surface area contributed by atoms with Gasteiger partial charge in [0.15, 0.2) is 17.2 Å². The van der Waals surface area contributed by atoms with Crippen molar-refractivity contribution in [3.63, 3.8) is 0 Å². The van der Waals surface area contributed by atoms with Gasteiger partial charge in [0.05, 0.1) is 11.6 Å². The third-order valence-electron chi connectivity index (χ3n) is 9.21. The van der Waals surface area contributed by atoms with E-state index in [9.17, 15) is 34.8 Å². The number of phenols is 1. The summed E-state index contributed by atoms with van der Waals surface area (Å²) in [4.78, 5) is 45.6. The summed E-state index contributed by atoms with van der Waals surface area (Å²) in [7, 11) is 7.01. The van der Waals surface area contributed by atoms with Crippen LogP contribution in [0.5, 0.6) is 5.75 Å². The highest BCUT2D eigenvalue weighted by Crippen LogP contribution is 2.54. The van der Waals surface area contributed by atoms with E-state index >= 15 is 0 Å². The summed E-state index contributed by atoms with van der Waals surface area (Å²) < 4.78 is 0. The van der Waals surface area contributed by atoms with E-state index in [1.54, 1.807) is 19.0 Å². The molecule has 4 N–H and O–H groups in total. The van der Waals surface area contributed by atoms with Crippen molar-refractivity contribution < 1.29 is 34.8 Å². The Balaban J connectivity index is 1.69. The molecule has 1 saturated carbocycles. The highest BCUT2D eigenvalue weighted by Gasteiger charge is 2.64. The molecule has 10 heteroatoms. The summed E-state index contributed by atoms with van der Waals surface area (Å²) >= 11 is 0. The molecule has 5 rings (SSSR count). The number of anilines is 1. The number of aromatic hydroxyl groups is 1. The van der Waals surface area contributed by atoms with Gasteiger partial charge in [-0.1, -0.05) is 6.42 Å². The summed E-state index contributed by atoms with van der Waals surface area (Å²) in [6.07, 6.45) is 3.72. The molecule has 216 valence electrons. The molecular weight excluding hydrogens is 514 g/mol. The molecular formula is C30H39N3O7. The molecule has 1 heterocycles. The fraction of sp³-hybridized carbons (Fsp3) is 0.567. The number of carbonyl (C=O) groups is 3. The van der Waals surface area contributed by atoms with Crippen molar-refractivity contribution in [3.05, 3.63) is 39.7 Å².